The zero-order valence-electron chi connectivity index (χ0n) is 19.9. The molecule has 1 aliphatic carbocycles. The predicted molar refractivity (Wildman–Crippen MR) is 125 cm³/mol. The highest BCUT2D eigenvalue weighted by Gasteiger charge is 2.54. The number of hydrogen-bond acceptors (Lipinski definition) is 6. The van der Waals surface area contributed by atoms with Crippen molar-refractivity contribution in [3.8, 4) is 0 Å². The molecule has 2 amide bonds. The van der Waals surface area contributed by atoms with Crippen molar-refractivity contribution < 1.29 is 29.3 Å². The summed E-state index contributed by atoms with van der Waals surface area (Å²) in [6.07, 6.45) is 4.87. The highest BCUT2D eigenvalue weighted by Crippen LogP contribution is 2.47. The molecule has 1 fully saturated rings. The van der Waals surface area contributed by atoms with Crippen LogP contribution in [0.5, 0.6) is 0 Å². The number of furan rings is 1. The minimum absolute atomic E-state index is 0.137. The topological polar surface area (TPSA) is 111 Å². The molecule has 0 spiro atoms. The Morgan fingerprint density at radius 3 is 2.55 bits per heavy atom. The van der Waals surface area contributed by atoms with E-state index < -0.39 is 23.9 Å². The fourth-order valence-electron chi connectivity index (χ4n) is 5.39. The maximum absolute atomic E-state index is 13.1. The number of carbonyl (C=O) groups excluding carboxylic acids is 2. The van der Waals surface area contributed by atoms with Crippen molar-refractivity contribution in [3.05, 3.63) is 40.4 Å². The third-order valence-corrected chi connectivity index (χ3v) is 7.08. The Hall–Kier alpha value is -2.22. The summed E-state index contributed by atoms with van der Waals surface area (Å²) < 4.78 is 5.55. The average molecular weight is 460 g/mol. The monoisotopic (exact) mass is 459 g/mol. The first-order chi connectivity index (χ1) is 15.9. The number of allylic oxidation sites excluding steroid dienone is 2. The molecule has 1 aliphatic heterocycles. The number of nitrogens with zero attached hydrogens (tertiary/aromatic N) is 1. The third-order valence-electron chi connectivity index (χ3n) is 7.08. The normalized spacial score (nSPS) is 24.6. The van der Waals surface area contributed by atoms with Crippen molar-refractivity contribution in [1.29, 1.82) is 0 Å². The highest BCUT2D eigenvalue weighted by atomic mass is 16.4. The number of fused-ring (bicyclic) bond motifs is 1. The van der Waals surface area contributed by atoms with Gasteiger partial charge in [-0.3, -0.25) is 14.5 Å². The van der Waals surface area contributed by atoms with Crippen molar-refractivity contribution in [2.75, 3.05) is 13.2 Å². The van der Waals surface area contributed by atoms with E-state index >= 15 is 0 Å². The number of amides is 2. The molecule has 1 aromatic rings. The molecule has 1 aromatic heterocycles. The number of imide groups is 1. The first-order valence-electron chi connectivity index (χ1n) is 12.1. The van der Waals surface area contributed by atoms with Gasteiger partial charge >= 0.3 is 0 Å². The van der Waals surface area contributed by atoms with Gasteiger partial charge in [-0.05, 0) is 62.3 Å². The number of aliphatic hydroxyl groups excluding tert-OH is 3. The van der Waals surface area contributed by atoms with Crippen LogP contribution in [0.25, 0.3) is 6.08 Å². The molecule has 4 atom stereocenters. The van der Waals surface area contributed by atoms with E-state index in [-0.39, 0.29) is 25.0 Å². The van der Waals surface area contributed by atoms with Crippen LogP contribution in [0.3, 0.4) is 0 Å². The second kappa shape index (κ2) is 11.3. The van der Waals surface area contributed by atoms with E-state index in [9.17, 15) is 24.9 Å². The van der Waals surface area contributed by atoms with E-state index in [4.69, 9.17) is 4.42 Å². The van der Waals surface area contributed by atoms with Gasteiger partial charge in [0.05, 0.1) is 24.5 Å². The van der Waals surface area contributed by atoms with Gasteiger partial charge in [-0.2, -0.15) is 0 Å². The summed E-state index contributed by atoms with van der Waals surface area (Å²) in [5.74, 6) is -0.728. The van der Waals surface area contributed by atoms with Crippen molar-refractivity contribution >= 4 is 17.9 Å². The van der Waals surface area contributed by atoms with E-state index in [1.807, 2.05) is 32.9 Å². The van der Waals surface area contributed by atoms with Crippen LogP contribution in [-0.4, -0.2) is 51.3 Å². The van der Waals surface area contributed by atoms with Crippen LogP contribution in [0.1, 0.15) is 70.8 Å². The fraction of sp³-hybridized carbons (Fsp3) is 0.615. The minimum Gasteiger partial charge on any atom is -0.459 e. The van der Waals surface area contributed by atoms with E-state index in [2.05, 4.69) is 0 Å². The van der Waals surface area contributed by atoms with Gasteiger partial charge in [-0.1, -0.05) is 31.9 Å². The van der Waals surface area contributed by atoms with Gasteiger partial charge in [0, 0.05) is 12.5 Å². The Morgan fingerprint density at radius 2 is 1.97 bits per heavy atom. The van der Waals surface area contributed by atoms with Gasteiger partial charge in [0.1, 0.15) is 18.1 Å². The number of carbonyl (C=O) groups is 2. The maximum atomic E-state index is 13.1. The largest absolute Gasteiger partial charge is 0.459 e. The quantitative estimate of drug-likeness (QED) is 0.345. The number of hydrogen-bond donors (Lipinski definition) is 3. The first kappa shape index (κ1) is 25.4. The third kappa shape index (κ3) is 5.15. The number of aliphatic hydroxyl groups is 3. The number of rotatable bonds is 11. The van der Waals surface area contributed by atoms with E-state index in [0.717, 1.165) is 23.1 Å². The van der Waals surface area contributed by atoms with Crippen LogP contribution in [0.15, 0.2) is 33.3 Å². The van der Waals surface area contributed by atoms with Crippen LogP contribution in [-0.2, 0) is 16.2 Å². The lowest BCUT2D eigenvalue weighted by molar-refractivity contribution is -0.140. The molecule has 3 rings (SSSR count). The zero-order chi connectivity index (χ0) is 24.1. The summed E-state index contributed by atoms with van der Waals surface area (Å²) >= 11 is 0. The van der Waals surface area contributed by atoms with Gasteiger partial charge < -0.3 is 19.7 Å². The summed E-state index contributed by atoms with van der Waals surface area (Å²) in [6.45, 7) is 5.96. The van der Waals surface area contributed by atoms with Crippen molar-refractivity contribution in [3.63, 3.8) is 0 Å². The molecule has 0 radical (unpaired) electrons. The Balaban J connectivity index is 1.80. The Kier molecular flexibility index (Phi) is 8.68. The Labute approximate surface area is 195 Å². The SMILES string of the molecule is CCCN1C(=O)[C@@H]2[C@@H](CC(CC)=C([C@H](O)CC/C(=C/c3ccc(CO)o3)CC)[C@@H]2CO)C1=O. The van der Waals surface area contributed by atoms with Crippen LogP contribution in [0.2, 0.25) is 0 Å². The fourth-order valence-corrected chi connectivity index (χ4v) is 5.39. The molecule has 33 heavy (non-hydrogen) atoms. The molecular formula is C26H37NO6. The smallest absolute Gasteiger partial charge is 0.233 e. The first-order valence-corrected chi connectivity index (χ1v) is 12.1. The summed E-state index contributed by atoms with van der Waals surface area (Å²) in [7, 11) is 0. The summed E-state index contributed by atoms with van der Waals surface area (Å²) in [6, 6.07) is 3.54. The zero-order valence-corrected chi connectivity index (χ0v) is 19.9. The van der Waals surface area contributed by atoms with Crippen LogP contribution >= 0.6 is 0 Å². The second-order valence-electron chi connectivity index (χ2n) is 9.04. The highest BCUT2D eigenvalue weighted by molar-refractivity contribution is 6.05. The lowest BCUT2D eigenvalue weighted by Crippen LogP contribution is -2.39. The van der Waals surface area contributed by atoms with E-state index in [1.165, 1.54) is 4.90 Å². The molecule has 1 saturated heterocycles. The molecule has 0 bridgehead atoms. The molecule has 7 nitrogen and oxygen atoms in total. The van der Waals surface area contributed by atoms with E-state index in [1.54, 1.807) is 6.07 Å². The van der Waals surface area contributed by atoms with E-state index in [0.29, 0.717) is 50.2 Å². The van der Waals surface area contributed by atoms with Gasteiger partial charge in [0.25, 0.3) is 0 Å². The van der Waals surface area contributed by atoms with Crippen molar-refractivity contribution in [2.45, 2.75) is 72.0 Å². The minimum atomic E-state index is -0.791. The standard InChI is InChI=1S/C26H37NO6/c1-4-11-27-25(31)20-13-17(6-3)23(21(15-29)24(20)26(27)32)22(30)10-7-16(5-2)12-18-8-9-19(14-28)33-18/h8-9,12,20-22,24,28-30H,4-7,10-11,13-15H2,1-3H3/b16-12+/t20-,21+,22-,24-/m1/s1. The molecule has 182 valence electrons. The molecule has 7 heteroatoms. The Bertz CT molecular complexity index is 914. The molecule has 0 saturated carbocycles. The lowest BCUT2D eigenvalue weighted by atomic mass is 9.67. The van der Waals surface area contributed by atoms with Gasteiger partial charge in [-0.25, -0.2) is 0 Å². The average Bonchev–Trinajstić information content (AvgIpc) is 3.38. The maximum Gasteiger partial charge on any atom is 0.233 e. The summed E-state index contributed by atoms with van der Waals surface area (Å²) in [5.41, 5.74) is 2.83. The van der Waals surface area contributed by atoms with Crippen LogP contribution < -0.4 is 0 Å². The molecule has 0 aromatic carbocycles. The lowest BCUT2D eigenvalue weighted by Gasteiger charge is -2.36. The van der Waals surface area contributed by atoms with Gasteiger partial charge in [0.2, 0.25) is 11.8 Å². The summed E-state index contributed by atoms with van der Waals surface area (Å²) in [4.78, 5) is 27.3. The predicted octanol–water partition coefficient (Wildman–Crippen LogP) is 3.44. The summed E-state index contributed by atoms with van der Waals surface area (Å²) in [5, 5.41) is 30.7. The molecule has 2 heterocycles. The van der Waals surface area contributed by atoms with Crippen LogP contribution in [0.4, 0.5) is 0 Å². The molecule has 2 aliphatic rings. The van der Waals surface area contributed by atoms with Gasteiger partial charge in [-0.15, -0.1) is 0 Å². The van der Waals surface area contributed by atoms with Crippen LogP contribution in [0, 0.1) is 17.8 Å². The second-order valence-corrected chi connectivity index (χ2v) is 9.04. The molecular weight excluding hydrogens is 422 g/mol. The Morgan fingerprint density at radius 1 is 1.21 bits per heavy atom. The number of likely N-dealkylation sites (tertiary alicyclic amines) is 1. The van der Waals surface area contributed by atoms with Gasteiger partial charge in [0.15, 0.2) is 0 Å². The molecule has 0 unspecified atom stereocenters. The van der Waals surface area contributed by atoms with Crippen molar-refractivity contribution in [1.82, 2.24) is 4.90 Å². The molecule has 3 N–H and O–H groups in total. The van der Waals surface area contributed by atoms with Crippen molar-refractivity contribution in [2.24, 2.45) is 17.8 Å².